The Bertz CT molecular complexity index is 826. The van der Waals surface area contributed by atoms with E-state index in [1.54, 1.807) is 31.2 Å². The number of aldehydes is 1. The molecule has 22 heavy (non-hydrogen) atoms. The Morgan fingerprint density at radius 1 is 1.14 bits per heavy atom. The second-order valence-electron chi connectivity index (χ2n) is 5.02. The number of carbonyl (C=O) groups excluding carboxylic acids is 1. The third-order valence-electron chi connectivity index (χ3n) is 3.55. The summed E-state index contributed by atoms with van der Waals surface area (Å²) in [5, 5.41) is 11.1. The highest BCUT2D eigenvalue weighted by Gasteiger charge is 2.12. The van der Waals surface area contributed by atoms with Crippen molar-refractivity contribution in [2.24, 2.45) is 0 Å². The predicted molar refractivity (Wildman–Crippen MR) is 84.3 cm³/mol. The zero-order valence-corrected chi connectivity index (χ0v) is 12.1. The van der Waals surface area contributed by atoms with E-state index in [2.05, 4.69) is 4.98 Å². The lowest BCUT2D eigenvalue weighted by Crippen LogP contribution is -2.00. The number of aromatic hydroxyl groups is 1. The molecule has 0 atom stereocenters. The molecule has 0 aliphatic rings. The minimum Gasteiger partial charge on any atom is -0.506 e. The SMILES string of the molecule is Cc1nc2ccccc2c(COc2ccc(C=O)cc2)c1O. The maximum absolute atomic E-state index is 10.6. The van der Waals surface area contributed by atoms with Crippen molar-refractivity contribution in [1.82, 2.24) is 4.98 Å². The molecular weight excluding hydrogens is 278 g/mol. The van der Waals surface area contributed by atoms with Gasteiger partial charge in [0.25, 0.3) is 0 Å². The number of aryl methyl sites for hydroxylation is 1. The second-order valence-corrected chi connectivity index (χ2v) is 5.02. The Balaban J connectivity index is 1.92. The van der Waals surface area contributed by atoms with Crippen LogP contribution in [0.15, 0.2) is 48.5 Å². The van der Waals surface area contributed by atoms with Gasteiger partial charge in [0, 0.05) is 16.5 Å². The zero-order valence-electron chi connectivity index (χ0n) is 12.1. The van der Waals surface area contributed by atoms with Gasteiger partial charge in [0.1, 0.15) is 24.4 Å². The molecule has 0 aliphatic heterocycles. The molecule has 0 unspecified atom stereocenters. The van der Waals surface area contributed by atoms with Crippen LogP contribution in [0.3, 0.4) is 0 Å². The number of ether oxygens (including phenoxy) is 1. The van der Waals surface area contributed by atoms with Gasteiger partial charge in [-0.1, -0.05) is 18.2 Å². The largest absolute Gasteiger partial charge is 0.506 e. The normalized spacial score (nSPS) is 10.6. The lowest BCUT2D eigenvalue weighted by atomic mass is 10.1. The van der Waals surface area contributed by atoms with Gasteiger partial charge in [0.05, 0.1) is 11.2 Å². The summed E-state index contributed by atoms with van der Waals surface area (Å²) in [6, 6.07) is 14.5. The summed E-state index contributed by atoms with van der Waals surface area (Å²) in [5.74, 6) is 0.798. The van der Waals surface area contributed by atoms with Crippen LogP contribution in [0.1, 0.15) is 21.6 Å². The summed E-state index contributed by atoms with van der Waals surface area (Å²) in [6.45, 7) is 2.00. The van der Waals surface area contributed by atoms with Crippen molar-refractivity contribution in [1.29, 1.82) is 0 Å². The molecule has 0 amide bonds. The maximum Gasteiger partial charge on any atom is 0.150 e. The van der Waals surface area contributed by atoms with Crippen LogP contribution in [-0.4, -0.2) is 16.4 Å². The molecule has 0 spiro atoms. The topological polar surface area (TPSA) is 59.4 Å². The highest BCUT2D eigenvalue weighted by atomic mass is 16.5. The van der Waals surface area contributed by atoms with Crippen molar-refractivity contribution in [2.75, 3.05) is 0 Å². The Hall–Kier alpha value is -2.88. The molecule has 0 saturated carbocycles. The van der Waals surface area contributed by atoms with Crippen molar-refractivity contribution in [2.45, 2.75) is 13.5 Å². The monoisotopic (exact) mass is 293 g/mol. The van der Waals surface area contributed by atoms with Crippen LogP contribution >= 0.6 is 0 Å². The van der Waals surface area contributed by atoms with E-state index in [1.165, 1.54) is 0 Å². The minimum atomic E-state index is 0.156. The molecule has 3 aromatic rings. The Kier molecular flexibility index (Phi) is 3.74. The Morgan fingerprint density at radius 2 is 1.86 bits per heavy atom. The van der Waals surface area contributed by atoms with Crippen LogP contribution in [0, 0.1) is 6.92 Å². The zero-order chi connectivity index (χ0) is 15.5. The van der Waals surface area contributed by atoms with Crippen LogP contribution in [0.2, 0.25) is 0 Å². The molecular formula is C18H15NO3. The fourth-order valence-corrected chi connectivity index (χ4v) is 2.35. The lowest BCUT2D eigenvalue weighted by molar-refractivity contribution is 0.112. The van der Waals surface area contributed by atoms with Crippen LogP contribution in [0.25, 0.3) is 10.9 Å². The molecule has 2 aromatic carbocycles. The molecule has 3 rings (SSSR count). The van der Waals surface area contributed by atoms with Gasteiger partial charge in [-0.2, -0.15) is 0 Å². The molecule has 4 nitrogen and oxygen atoms in total. The van der Waals surface area contributed by atoms with Crippen molar-refractivity contribution in [3.63, 3.8) is 0 Å². The van der Waals surface area contributed by atoms with Gasteiger partial charge in [0.2, 0.25) is 0 Å². The van der Waals surface area contributed by atoms with Gasteiger partial charge in [-0.05, 0) is 37.3 Å². The maximum atomic E-state index is 10.6. The predicted octanol–water partition coefficient (Wildman–Crippen LogP) is 3.64. The van der Waals surface area contributed by atoms with E-state index in [1.807, 2.05) is 24.3 Å². The first-order valence-electron chi connectivity index (χ1n) is 6.94. The number of benzene rings is 2. The molecule has 0 radical (unpaired) electrons. The van der Waals surface area contributed by atoms with Crippen molar-refractivity contribution in [3.8, 4) is 11.5 Å². The summed E-state index contributed by atoms with van der Waals surface area (Å²) < 4.78 is 5.73. The summed E-state index contributed by atoms with van der Waals surface area (Å²) >= 11 is 0. The highest BCUT2D eigenvalue weighted by molar-refractivity contribution is 5.84. The first kappa shape index (κ1) is 14.1. The Labute approximate surface area is 128 Å². The van der Waals surface area contributed by atoms with Crippen molar-refractivity contribution in [3.05, 3.63) is 65.4 Å². The van der Waals surface area contributed by atoms with Gasteiger partial charge < -0.3 is 9.84 Å². The number of rotatable bonds is 4. The van der Waals surface area contributed by atoms with Crippen molar-refractivity contribution >= 4 is 17.2 Å². The number of aromatic nitrogens is 1. The smallest absolute Gasteiger partial charge is 0.150 e. The molecule has 1 N–H and O–H groups in total. The number of carbonyl (C=O) groups is 1. The highest BCUT2D eigenvalue weighted by Crippen LogP contribution is 2.29. The van der Waals surface area contributed by atoms with Gasteiger partial charge in [-0.3, -0.25) is 4.79 Å². The van der Waals surface area contributed by atoms with Crippen LogP contribution in [-0.2, 0) is 6.61 Å². The van der Waals surface area contributed by atoms with Crippen LogP contribution < -0.4 is 4.74 Å². The van der Waals surface area contributed by atoms with E-state index in [4.69, 9.17) is 4.74 Å². The lowest BCUT2D eigenvalue weighted by Gasteiger charge is -2.12. The fourth-order valence-electron chi connectivity index (χ4n) is 2.35. The molecule has 0 aliphatic carbocycles. The molecule has 0 bridgehead atoms. The number of hydrogen-bond donors (Lipinski definition) is 1. The molecule has 4 heteroatoms. The number of hydrogen-bond acceptors (Lipinski definition) is 4. The van der Waals surface area contributed by atoms with Crippen molar-refractivity contribution < 1.29 is 14.6 Å². The van der Waals surface area contributed by atoms with Gasteiger partial charge in [-0.15, -0.1) is 0 Å². The standard InChI is InChI=1S/C18H15NO3/c1-12-18(21)16(15-4-2-3-5-17(15)19-12)11-22-14-8-6-13(10-20)7-9-14/h2-10,21H,11H2,1H3. The summed E-state index contributed by atoms with van der Waals surface area (Å²) in [6.07, 6.45) is 0.787. The van der Waals surface area contributed by atoms with Gasteiger partial charge >= 0.3 is 0 Å². The molecule has 1 heterocycles. The first-order valence-corrected chi connectivity index (χ1v) is 6.94. The van der Waals surface area contributed by atoms with Gasteiger partial charge in [0.15, 0.2) is 0 Å². The Morgan fingerprint density at radius 3 is 2.59 bits per heavy atom. The van der Waals surface area contributed by atoms with Gasteiger partial charge in [-0.25, -0.2) is 4.98 Å². The molecule has 0 fully saturated rings. The number of fused-ring (bicyclic) bond motifs is 1. The van der Waals surface area contributed by atoms with E-state index in [-0.39, 0.29) is 12.4 Å². The summed E-state index contributed by atoms with van der Waals surface area (Å²) in [5.41, 5.74) is 2.71. The van der Waals surface area contributed by atoms with Crippen LogP contribution in [0.4, 0.5) is 0 Å². The molecule has 0 saturated heterocycles. The number of para-hydroxylation sites is 1. The first-order chi connectivity index (χ1) is 10.7. The third-order valence-corrected chi connectivity index (χ3v) is 3.55. The number of nitrogens with zero attached hydrogens (tertiary/aromatic N) is 1. The second kappa shape index (κ2) is 5.85. The van der Waals surface area contributed by atoms with E-state index >= 15 is 0 Å². The summed E-state index contributed by atoms with van der Waals surface area (Å²) in [4.78, 5) is 15.0. The van der Waals surface area contributed by atoms with E-state index < -0.39 is 0 Å². The fraction of sp³-hybridized carbons (Fsp3) is 0.111. The van der Waals surface area contributed by atoms with E-state index in [0.717, 1.165) is 17.2 Å². The molecule has 110 valence electrons. The quantitative estimate of drug-likeness (QED) is 0.746. The van der Waals surface area contributed by atoms with E-state index in [9.17, 15) is 9.90 Å². The third kappa shape index (κ3) is 2.63. The average Bonchev–Trinajstić information content (AvgIpc) is 2.56. The van der Waals surface area contributed by atoms with E-state index in [0.29, 0.717) is 22.6 Å². The molecule has 1 aromatic heterocycles. The van der Waals surface area contributed by atoms with Crippen LogP contribution in [0.5, 0.6) is 11.5 Å². The average molecular weight is 293 g/mol. The summed E-state index contributed by atoms with van der Waals surface area (Å²) in [7, 11) is 0. The number of pyridine rings is 1. The minimum absolute atomic E-state index is 0.156.